The minimum absolute atomic E-state index is 0. The van der Waals surface area contributed by atoms with Gasteiger partial charge in [-0.15, -0.1) is 24.8 Å². The van der Waals surface area contributed by atoms with Crippen LogP contribution in [-0.2, 0) is 9.53 Å². The van der Waals surface area contributed by atoms with Gasteiger partial charge in [-0.3, -0.25) is 9.69 Å². The maximum Gasteiger partial charge on any atom is 0.401 e. The Balaban J connectivity index is 0. The molecule has 1 unspecified atom stereocenters. The predicted octanol–water partition coefficient (Wildman–Crippen LogP) is 1.58. The molecule has 0 aliphatic carbocycles. The van der Waals surface area contributed by atoms with Gasteiger partial charge in [-0.25, -0.2) is 0 Å². The van der Waals surface area contributed by atoms with Crippen LogP contribution in [0.3, 0.4) is 0 Å². The van der Waals surface area contributed by atoms with E-state index < -0.39 is 18.8 Å². The smallest absolute Gasteiger partial charge is 0.383 e. The number of alkyl halides is 3. The fourth-order valence-corrected chi connectivity index (χ4v) is 2.47. The van der Waals surface area contributed by atoms with Gasteiger partial charge in [-0.05, 0) is 38.3 Å². The highest BCUT2D eigenvalue weighted by atomic mass is 35.5. The fourth-order valence-electron chi connectivity index (χ4n) is 2.47. The number of hydrogen-bond donors (Lipinski definition) is 2. The second-order valence-corrected chi connectivity index (χ2v) is 5.48. The van der Waals surface area contributed by atoms with E-state index in [1.165, 1.54) is 12.0 Å². The van der Waals surface area contributed by atoms with Crippen LogP contribution in [0.1, 0.15) is 19.3 Å². The number of carbonyl (C=O) groups is 1. The van der Waals surface area contributed by atoms with Crippen molar-refractivity contribution in [1.29, 1.82) is 0 Å². The summed E-state index contributed by atoms with van der Waals surface area (Å²) in [5.41, 5.74) is 5.57. The maximum absolute atomic E-state index is 12.3. The third-order valence-electron chi connectivity index (χ3n) is 3.64. The van der Waals surface area contributed by atoms with Crippen LogP contribution in [0.5, 0.6) is 0 Å². The second kappa shape index (κ2) is 12.1. The Morgan fingerprint density at radius 3 is 2.39 bits per heavy atom. The number of ether oxygens (including phenoxy) is 1. The van der Waals surface area contributed by atoms with Crippen molar-refractivity contribution in [2.45, 2.75) is 31.5 Å². The highest BCUT2D eigenvalue weighted by molar-refractivity contribution is 5.85. The Kier molecular flexibility index (Phi) is 13.2. The number of carbonyl (C=O) groups excluding carboxylic acids is 1. The predicted molar refractivity (Wildman–Crippen MR) is 87.2 cm³/mol. The third-order valence-corrected chi connectivity index (χ3v) is 3.64. The number of hydrogen-bond acceptors (Lipinski definition) is 4. The molecule has 1 saturated heterocycles. The van der Waals surface area contributed by atoms with E-state index >= 15 is 0 Å². The molecule has 0 radical (unpaired) electrons. The summed E-state index contributed by atoms with van der Waals surface area (Å²) >= 11 is 0. The van der Waals surface area contributed by atoms with Crippen molar-refractivity contribution < 1.29 is 22.7 Å². The van der Waals surface area contributed by atoms with E-state index in [0.717, 1.165) is 19.3 Å². The molecule has 1 aliphatic heterocycles. The Hall–Kier alpha value is -0.280. The van der Waals surface area contributed by atoms with Gasteiger partial charge in [0.15, 0.2) is 0 Å². The van der Waals surface area contributed by atoms with Crippen LogP contribution < -0.4 is 11.1 Å². The molecule has 1 aliphatic rings. The molecule has 1 amide bonds. The van der Waals surface area contributed by atoms with Gasteiger partial charge in [0, 0.05) is 13.7 Å². The molecule has 0 bridgehead atoms. The number of amides is 1. The third kappa shape index (κ3) is 11.0. The van der Waals surface area contributed by atoms with E-state index in [1.54, 1.807) is 0 Å². The molecule has 0 aromatic rings. The quantitative estimate of drug-likeness (QED) is 0.700. The summed E-state index contributed by atoms with van der Waals surface area (Å²) in [4.78, 5) is 13.0. The summed E-state index contributed by atoms with van der Waals surface area (Å²) in [5.74, 6) is 0.0970. The highest BCUT2D eigenvalue weighted by Gasteiger charge is 2.32. The Labute approximate surface area is 147 Å². The molecule has 1 heterocycles. The summed E-state index contributed by atoms with van der Waals surface area (Å²) < 4.78 is 41.6. The first-order valence-corrected chi connectivity index (χ1v) is 7.13. The van der Waals surface area contributed by atoms with Crippen molar-refractivity contribution in [3.63, 3.8) is 0 Å². The zero-order chi connectivity index (χ0) is 15.9. The molecule has 0 aromatic heterocycles. The number of likely N-dealkylation sites (tertiary alicyclic amines) is 1. The van der Waals surface area contributed by atoms with Crippen LogP contribution in [0.4, 0.5) is 13.2 Å². The van der Waals surface area contributed by atoms with Crippen LogP contribution in [0.15, 0.2) is 0 Å². The Morgan fingerprint density at radius 1 is 1.35 bits per heavy atom. The van der Waals surface area contributed by atoms with Crippen LogP contribution in [0.25, 0.3) is 0 Å². The van der Waals surface area contributed by atoms with Gasteiger partial charge in [0.1, 0.15) is 6.04 Å². The molecule has 0 saturated carbocycles. The Bertz CT molecular complexity index is 328. The number of rotatable bonds is 7. The van der Waals surface area contributed by atoms with Gasteiger partial charge in [-0.2, -0.15) is 13.2 Å². The van der Waals surface area contributed by atoms with Crippen molar-refractivity contribution >= 4 is 30.7 Å². The minimum Gasteiger partial charge on any atom is -0.383 e. The van der Waals surface area contributed by atoms with Crippen LogP contribution >= 0.6 is 24.8 Å². The summed E-state index contributed by atoms with van der Waals surface area (Å²) in [6.07, 6.45) is -1.89. The van der Waals surface area contributed by atoms with Crippen LogP contribution in [0, 0.1) is 5.92 Å². The van der Waals surface area contributed by atoms with E-state index in [9.17, 15) is 18.0 Å². The normalized spacial score (nSPS) is 17.8. The molecule has 10 heteroatoms. The average molecular weight is 384 g/mol. The number of piperidine rings is 1. The van der Waals surface area contributed by atoms with Crippen LogP contribution in [0.2, 0.25) is 0 Å². The van der Waals surface area contributed by atoms with Crippen molar-refractivity contribution in [2.24, 2.45) is 11.7 Å². The molecule has 5 nitrogen and oxygen atoms in total. The number of nitrogens with two attached hydrogens (primary N) is 1. The topological polar surface area (TPSA) is 67.6 Å². The molecular weight excluding hydrogens is 358 g/mol. The SMILES string of the molecule is COCC(N)C(=O)NCCC1CCN(CC(F)(F)F)CC1.Cl.Cl. The van der Waals surface area contributed by atoms with Gasteiger partial charge >= 0.3 is 6.18 Å². The van der Waals surface area contributed by atoms with Gasteiger partial charge < -0.3 is 15.8 Å². The van der Waals surface area contributed by atoms with Crippen molar-refractivity contribution in [3.05, 3.63) is 0 Å². The van der Waals surface area contributed by atoms with E-state index in [2.05, 4.69) is 5.32 Å². The fraction of sp³-hybridized carbons (Fsp3) is 0.923. The molecule has 0 aromatic carbocycles. The summed E-state index contributed by atoms with van der Waals surface area (Å²) in [7, 11) is 1.47. The molecule has 0 spiro atoms. The first-order chi connectivity index (χ1) is 9.81. The monoisotopic (exact) mass is 383 g/mol. The highest BCUT2D eigenvalue weighted by Crippen LogP contribution is 2.23. The zero-order valence-corrected chi connectivity index (χ0v) is 14.7. The largest absolute Gasteiger partial charge is 0.401 e. The molecule has 23 heavy (non-hydrogen) atoms. The lowest BCUT2D eigenvalue weighted by molar-refractivity contribution is -0.148. The molecular formula is C13H26Cl2F3N3O2. The summed E-state index contributed by atoms with van der Waals surface area (Å²) in [6, 6.07) is -0.677. The van der Waals surface area contributed by atoms with Gasteiger partial charge in [0.25, 0.3) is 0 Å². The molecule has 1 fully saturated rings. The van der Waals surface area contributed by atoms with E-state index in [-0.39, 0.29) is 37.3 Å². The van der Waals surface area contributed by atoms with E-state index in [1.807, 2.05) is 0 Å². The van der Waals surface area contributed by atoms with Crippen LogP contribution in [-0.4, -0.2) is 62.9 Å². The first kappa shape index (κ1) is 25.0. The zero-order valence-electron chi connectivity index (χ0n) is 13.1. The lowest BCUT2D eigenvalue weighted by Gasteiger charge is -2.32. The van der Waals surface area contributed by atoms with Gasteiger partial charge in [-0.1, -0.05) is 0 Å². The lowest BCUT2D eigenvalue weighted by Crippen LogP contribution is -2.44. The first-order valence-electron chi connectivity index (χ1n) is 7.13. The number of nitrogens with zero attached hydrogens (tertiary/aromatic N) is 1. The summed E-state index contributed by atoms with van der Waals surface area (Å²) in [5, 5.41) is 2.73. The average Bonchev–Trinajstić information content (AvgIpc) is 2.39. The number of halogens is 5. The van der Waals surface area contributed by atoms with E-state index in [0.29, 0.717) is 25.6 Å². The second-order valence-electron chi connectivity index (χ2n) is 5.48. The minimum atomic E-state index is -4.13. The van der Waals surface area contributed by atoms with Crippen molar-refractivity contribution in [3.8, 4) is 0 Å². The Morgan fingerprint density at radius 2 is 1.91 bits per heavy atom. The molecule has 3 N–H and O–H groups in total. The molecule has 1 rings (SSSR count). The molecule has 140 valence electrons. The van der Waals surface area contributed by atoms with Gasteiger partial charge in [0.2, 0.25) is 5.91 Å². The summed E-state index contributed by atoms with van der Waals surface area (Å²) in [6.45, 7) is 0.757. The lowest BCUT2D eigenvalue weighted by atomic mass is 9.93. The maximum atomic E-state index is 12.3. The standard InChI is InChI=1S/C13H24F3N3O2.2ClH/c1-21-8-11(17)12(20)18-5-2-10-3-6-19(7-4-10)9-13(14,15)16;;/h10-11H,2-9,17H2,1H3,(H,18,20);2*1H. The van der Waals surface area contributed by atoms with E-state index in [4.69, 9.17) is 10.5 Å². The number of nitrogens with one attached hydrogen (secondary N) is 1. The van der Waals surface area contributed by atoms with Crippen molar-refractivity contribution in [1.82, 2.24) is 10.2 Å². The van der Waals surface area contributed by atoms with Crippen molar-refractivity contribution in [2.75, 3.05) is 39.9 Å². The number of methoxy groups -OCH3 is 1. The van der Waals surface area contributed by atoms with Gasteiger partial charge in [0.05, 0.1) is 13.2 Å². The molecule has 1 atom stereocenters.